The number of amidine groups is 1. The summed E-state index contributed by atoms with van der Waals surface area (Å²) in [5.74, 6) is 0.793. The fourth-order valence-electron chi connectivity index (χ4n) is 1.67. The molecule has 0 amide bonds. The highest BCUT2D eigenvalue weighted by molar-refractivity contribution is 7.91. The Kier molecular flexibility index (Phi) is 5.01. The van der Waals surface area contributed by atoms with Gasteiger partial charge in [0.05, 0.1) is 11.5 Å². The fourth-order valence-corrected chi connectivity index (χ4v) is 2.94. The number of rotatable bonds is 5. The van der Waals surface area contributed by atoms with Crippen molar-refractivity contribution in [2.75, 3.05) is 31.1 Å². The minimum Gasteiger partial charge on any atom is -0.409 e. The first-order chi connectivity index (χ1) is 7.53. The van der Waals surface area contributed by atoms with Crippen molar-refractivity contribution in [1.29, 1.82) is 0 Å². The molecule has 0 unspecified atom stereocenters. The zero-order chi connectivity index (χ0) is 12.0. The van der Waals surface area contributed by atoms with Crippen molar-refractivity contribution in [2.45, 2.75) is 19.3 Å². The summed E-state index contributed by atoms with van der Waals surface area (Å²) in [6.45, 7) is 2.14. The summed E-state index contributed by atoms with van der Waals surface area (Å²) in [6, 6.07) is 0. The molecule has 1 heterocycles. The highest BCUT2D eigenvalue weighted by Crippen LogP contribution is 2.06. The summed E-state index contributed by atoms with van der Waals surface area (Å²) < 4.78 is 22.3. The molecule has 0 aliphatic carbocycles. The molecule has 6 nitrogen and oxygen atoms in total. The Morgan fingerprint density at radius 3 is 2.50 bits per heavy atom. The molecule has 1 rings (SSSR count). The van der Waals surface area contributed by atoms with E-state index in [0.717, 1.165) is 19.4 Å². The number of hydrogen-bond acceptors (Lipinski definition) is 5. The van der Waals surface area contributed by atoms with E-state index in [1.807, 2.05) is 0 Å². The molecule has 1 aliphatic rings. The second kappa shape index (κ2) is 6.05. The first kappa shape index (κ1) is 13.2. The van der Waals surface area contributed by atoms with Crippen LogP contribution >= 0.6 is 0 Å². The molecule has 0 spiro atoms. The van der Waals surface area contributed by atoms with Gasteiger partial charge in [-0.2, -0.15) is 0 Å². The summed E-state index contributed by atoms with van der Waals surface area (Å²) in [6.07, 6.45) is 2.39. The van der Waals surface area contributed by atoms with Gasteiger partial charge in [0.1, 0.15) is 5.84 Å². The Labute approximate surface area is 96.0 Å². The lowest BCUT2D eigenvalue weighted by atomic mass is 10.2. The minimum absolute atomic E-state index is 0.251. The van der Waals surface area contributed by atoms with Crippen LogP contribution in [0.15, 0.2) is 5.16 Å². The van der Waals surface area contributed by atoms with Crippen molar-refractivity contribution in [3.8, 4) is 0 Å². The number of sulfone groups is 1. The predicted octanol–water partition coefficient (Wildman–Crippen LogP) is -0.366. The third-order valence-electron chi connectivity index (χ3n) is 2.72. The lowest BCUT2D eigenvalue weighted by Gasteiger charge is -2.26. The average Bonchev–Trinajstić information content (AvgIpc) is 2.26. The van der Waals surface area contributed by atoms with Gasteiger partial charge < -0.3 is 15.8 Å². The molecule has 0 saturated carbocycles. The van der Waals surface area contributed by atoms with Crippen molar-refractivity contribution in [2.24, 2.45) is 10.9 Å². The van der Waals surface area contributed by atoms with Crippen LogP contribution in [0, 0.1) is 0 Å². The number of nitrogens with zero attached hydrogens (tertiary/aromatic N) is 2. The molecule has 0 bridgehead atoms. The van der Waals surface area contributed by atoms with Gasteiger partial charge in [0.2, 0.25) is 0 Å². The van der Waals surface area contributed by atoms with Crippen LogP contribution in [0.4, 0.5) is 0 Å². The van der Waals surface area contributed by atoms with Gasteiger partial charge in [-0.15, -0.1) is 0 Å². The van der Waals surface area contributed by atoms with Gasteiger partial charge in [0.25, 0.3) is 0 Å². The molecule has 0 aromatic rings. The molecular weight excluding hydrogens is 230 g/mol. The third-order valence-corrected chi connectivity index (χ3v) is 4.33. The maximum atomic E-state index is 11.2. The van der Waals surface area contributed by atoms with E-state index in [0.29, 0.717) is 19.5 Å². The van der Waals surface area contributed by atoms with Crippen molar-refractivity contribution in [3.63, 3.8) is 0 Å². The van der Waals surface area contributed by atoms with E-state index in [9.17, 15) is 8.42 Å². The molecule has 3 N–H and O–H groups in total. The number of nitrogens with two attached hydrogens (primary N) is 1. The van der Waals surface area contributed by atoms with Gasteiger partial charge in [0.15, 0.2) is 9.84 Å². The van der Waals surface area contributed by atoms with E-state index in [1.165, 1.54) is 0 Å². The Morgan fingerprint density at radius 1 is 1.31 bits per heavy atom. The van der Waals surface area contributed by atoms with Gasteiger partial charge >= 0.3 is 0 Å². The van der Waals surface area contributed by atoms with Crippen LogP contribution in [0.1, 0.15) is 19.3 Å². The van der Waals surface area contributed by atoms with Crippen LogP contribution in [0.3, 0.4) is 0 Å². The highest BCUT2D eigenvalue weighted by Gasteiger charge is 2.20. The number of hydrogen-bond donors (Lipinski definition) is 2. The first-order valence-corrected chi connectivity index (χ1v) is 7.25. The zero-order valence-electron chi connectivity index (χ0n) is 9.30. The molecule has 94 valence electrons. The smallest absolute Gasteiger partial charge is 0.152 e. The predicted molar refractivity (Wildman–Crippen MR) is 62.4 cm³/mol. The molecule has 0 aromatic heterocycles. The van der Waals surface area contributed by atoms with Crippen LogP contribution in [-0.4, -0.2) is 55.5 Å². The van der Waals surface area contributed by atoms with Crippen LogP contribution in [0.2, 0.25) is 0 Å². The Hall–Kier alpha value is -0.820. The normalized spacial score (nSPS) is 22.1. The second-order valence-corrected chi connectivity index (χ2v) is 6.35. The quantitative estimate of drug-likeness (QED) is 0.228. The fraction of sp³-hybridized carbons (Fsp3) is 0.889. The monoisotopic (exact) mass is 249 g/mol. The molecule has 0 aromatic carbocycles. The van der Waals surface area contributed by atoms with E-state index in [1.54, 1.807) is 0 Å². The third kappa shape index (κ3) is 4.80. The highest BCUT2D eigenvalue weighted by atomic mass is 32.2. The van der Waals surface area contributed by atoms with Crippen LogP contribution < -0.4 is 5.73 Å². The SMILES string of the molecule is N/C(CCCCN1CCS(=O)(=O)CC1)=N/O. The standard InChI is InChI=1S/C9H19N3O3S/c10-9(11-13)3-1-2-4-12-5-7-16(14,15)8-6-12/h13H,1-8H2,(H2,10,11). The Balaban J connectivity index is 2.11. The molecule has 0 atom stereocenters. The second-order valence-electron chi connectivity index (χ2n) is 4.04. The maximum Gasteiger partial charge on any atom is 0.152 e. The zero-order valence-corrected chi connectivity index (χ0v) is 10.1. The van der Waals surface area contributed by atoms with Crippen LogP contribution in [0.25, 0.3) is 0 Å². The molecule has 1 fully saturated rings. The molecule has 7 heteroatoms. The summed E-state index contributed by atoms with van der Waals surface area (Å²) >= 11 is 0. The van der Waals surface area contributed by atoms with E-state index >= 15 is 0 Å². The van der Waals surface area contributed by atoms with Gasteiger partial charge in [-0.05, 0) is 19.4 Å². The van der Waals surface area contributed by atoms with Crippen molar-refractivity contribution in [3.05, 3.63) is 0 Å². The Bertz CT molecular complexity index is 326. The summed E-state index contributed by atoms with van der Waals surface area (Å²) in [7, 11) is -2.78. The lowest BCUT2D eigenvalue weighted by Crippen LogP contribution is -2.40. The maximum absolute atomic E-state index is 11.2. The number of oxime groups is 1. The minimum atomic E-state index is -2.78. The molecule has 0 radical (unpaired) electrons. The van der Waals surface area contributed by atoms with Crippen LogP contribution in [0.5, 0.6) is 0 Å². The lowest BCUT2D eigenvalue weighted by molar-refractivity contribution is 0.289. The molecule has 1 aliphatic heterocycles. The largest absolute Gasteiger partial charge is 0.409 e. The summed E-state index contributed by atoms with van der Waals surface area (Å²) in [5, 5.41) is 11.2. The van der Waals surface area contributed by atoms with E-state index in [4.69, 9.17) is 10.9 Å². The van der Waals surface area contributed by atoms with Gasteiger partial charge in [-0.1, -0.05) is 5.16 Å². The van der Waals surface area contributed by atoms with Gasteiger partial charge in [-0.25, -0.2) is 8.42 Å². The average molecular weight is 249 g/mol. The first-order valence-electron chi connectivity index (χ1n) is 5.43. The summed E-state index contributed by atoms with van der Waals surface area (Å²) in [5.41, 5.74) is 5.33. The van der Waals surface area contributed by atoms with E-state index in [-0.39, 0.29) is 17.3 Å². The Morgan fingerprint density at radius 2 is 1.94 bits per heavy atom. The summed E-state index contributed by atoms with van der Waals surface area (Å²) in [4.78, 5) is 2.15. The van der Waals surface area contributed by atoms with E-state index in [2.05, 4.69) is 10.1 Å². The topological polar surface area (TPSA) is 96.0 Å². The van der Waals surface area contributed by atoms with Crippen LogP contribution in [-0.2, 0) is 9.84 Å². The van der Waals surface area contributed by atoms with Crippen molar-refractivity contribution >= 4 is 15.7 Å². The molecule has 16 heavy (non-hydrogen) atoms. The van der Waals surface area contributed by atoms with Gasteiger partial charge in [-0.3, -0.25) is 0 Å². The van der Waals surface area contributed by atoms with Gasteiger partial charge in [0, 0.05) is 19.5 Å². The molecule has 1 saturated heterocycles. The van der Waals surface area contributed by atoms with Crippen molar-refractivity contribution < 1.29 is 13.6 Å². The van der Waals surface area contributed by atoms with E-state index < -0.39 is 9.84 Å². The molecular formula is C9H19N3O3S. The van der Waals surface area contributed by atoms with Crippen molar-refractivity contribution in [1.82, 2.24) is 4.90 Å². The number of unbranched alkanes of at least 4 members (excludes halogenated alkanes) is 1.